The number of rotatable bonds is 5. The van der Waals surface area contributed by atoms with Gasteiger partial charge < -0.3 is 25.2 Å². The first-order valence-corrected chi connectivity index (χ1v) is 8.89. The summed E-state index contributed by atoms with van der Waals surface area (Å²) in [5.41, 5.74) is 1.30. The number of fused-ring (bicyclic) bond motifs is 1. The molecule has 1 aromatic heterocycles. The Labute approximate surface area is 157 Å². The number of hydrogen-bond donors (Lipinski definition) is 3. The van der Waals surface area contributed by atoms with E-state index in [1.807, 2.05) is 18.2 Å². The third-order valence-corrected chi connectivity index (χ3v) is 4.75. The number of anilines is 1. The number of benzene rings is 2. The van der Waals surface area contributed by atoms with Gasteiger partial charge in [-0.05, 0) is 31.2 Å². The highest BCUT2D eigenvalue weighted by atomic mass is 16.5. The van der Waals surface area contributed by atoms with Crippen molar-refractivity contribution in [3.8, 4) is 28.6 Å². The van der Waals surface area contributed by atoms with Crippen molar-refractivity contribution in [2.45, 2.75) is 12.5 Å². The molecule has 7 heteroatoms. The van der Waals surface area contributed by atoms with Crippen LogP contribution in [0.15, 0.2) is 36.4 Å². The molecule has 2 aromatic carbocycles. The predicted octanol–water partition coefficient (Wildman–Crippen LogP) is 2.79. The maximum absolute atomic E-state index is 10.2. The minimum Gasteiger partial charge on any atom is -0.507 e. The molecule has 0 aliphatic carbocycles. The van der Waals surface area contributed by atoms with Gasteiger partial charge in [0.25, 0.3) is 0 Å². The molecule has 4 rings (SSSR count). The summed E-state index contributed by atoms with van der Waals surface area (Å²) >= 11 is 0. The Bertz CT molecular complexity index is 971. The minimum absolute atomic E-state index is 0.144. The van der Waals surface area contributed by atoms with Crippen molar-refractivity contribution < 1.29 is 14.6 Å². The van der Waals surface area contributed by atoms with Crippen LogP contribution in [0.5, 0.6) is 17.2 Å². The van der Waals surface area contributed by atoms with Gasteiger partial charge in [0, 0.05) is 24.0 Å². The van der Waals surface area contributed by atoms with Crippen LogP contribution in [0.3, 0.4) is 0 Å². The van der Waals surface area contributed by atoms with Crippen LogP contribution >= 0.6 is 0 Å². The highest BCUT2D eigenvalue weighted by molar-refractivity contribution is 5.93. The van der Waals surface area contributed by atoms with Gasteiger partial charge in [-0.15, -0.1) is 0 Å². The molecule has 1 saturated heterocycles. The van der Waals surface area contributed by atoms with Gasteiger partial charge in [0.15, 0.2) is 17.3 Å². The lowest BCUT2D eigenvalue weighted by Crippen LogP contribution is -2.23. The Morgan fingerprint density at radius 2 is 1.89 bits per heavy atom. The number of phenols is 1. The van der Waals surface area contributed by atoms with E-state index >= 15 is 0 Å². The summed E-state index contributed by atoms with van der Waals surface area (Å²) in [7, 11) is 3.20. The van der Waals surface area contributed by atoms with E-state index in [4.69, 9.17) is 14.5 Å². The topological polar surface area (TPSA) is 88.5 Å². The Balaban J connectivity index is 1.91. The fourth-order valence-corrected chi connectivity index (χ4v) is 3.32. The van der Waals surface area contributed by atoms with E-state index in [0.29, 0.717) is 34.2 Å². The molecule has 0 amide bonds. The summed E-state index contributed by atoms with van der Waals surface area (Å²) < 4.78 is 10.9. The van der Waals surface area contributed by atoms with Crippen LogP contribution in [0.1, 0.15) is 6.42 Å². The van der Waals surface area contributed by atoms with E-state index < -0.39 is 0 Å². The number of hydrogen-bond acceptors (Lipinski definition) is 7. The normalized spacial score (nSPS) is 16.4. The quantitative estimate of drug-likeness (QED) is 0.640. The van der Waals surface area contributed by atoms with E-state index in [2.05, 4.69) is 15.6 Å². The van der Waals surface area contributed by atoms with Gasteiger partial charge in [0.1, 0.15) is 11.6 Å². The van der Waals surface area contributed by atoms with Crippen LogP contribution in [0.4, 0.5) is 5.82 Å². The second-order valence-electron chi connectivity index (χ2n) is 6.47. The van der Waals surface area contributed by atoms with E-state index in [1.54, 1.807) is 32.4 Å². The molecule has 3 aromatic rings. The molecule has 0 saturated carbocycles. The van der Waals surface area contributed by atoms with Crippen molar-refractivity contribution in [1.29, 1.82) is 0 Å². The van der Waals surface area contributed by atoms with Gasteiger partial charge in [-0.1, -0.05) is 12.1 Å². The Kier molecular flexibility index (Phi) is 4.68. The molecule has 7 nitrogen and oxygen atoms in total. The zero-order valence-corrected chi connectivity index (χ0v) is 15.3. The highest BCUT2D eigenvalue weighted by Crippen LogP contribution is 2.36. The summed E-state index contributed by atoms with van der Waals surface area (Å²) in [6, 6.07) is 11.1. The lowest BCUT2D eigenvalue weighted by molar-refractivity contribution is 0.356. The molecule has 0 unspecified atom stereocenters. The summed E-state index contributed by atoms with van der Waals surface area (Å²) in [5.74, 6) is 2.54. The molecule has 2 heterocycles. The van der Waals surface area contributed by atoms with Gasteiger partial charge >= 0.3 is 0 Å². The Morgan fingerprint density at radius 3 is 2.59 bits per heavy atom. The molecular weight excluding hydrogens is 344 g/mol. The Hall–Kier alpha value is -3.06. The highest BCUT2D eigenvalue weighted by Gasteiger charge is 2.19. The van der Waals surface area contributed by atoms with Crippen molar-refractivity contribution in [1.82, 2.24) is 15.3 Å². The molecule has 1 aliphatic heterocycles. The zero-order valence-electron chi connectivity index (χ0n) is 15.3. The molecular formula is C20H22N4O3. The van der Waals surface area contributed by atoms with Crippen LogP contribution in [0.2, 0.25) is 0 Å². The smallest absolute Gasteiger partial charge is 0.165 e. The van der Waals surface area contributed by atoms with Crippen LogP contribution in [-0.2, 0) is 0 Å². The molecule has 27 heavy (non-hydrogen) atoms. The molecule has 1 atom stereocenters. The molecule has 0 bridgehead atoms. The summed E-state index contributed by atoms with van der Waals surface area (Å²) in [6.07, 6.45) is 1.02. The average molecular weight is 366 g/mol. The molecule has 140 valence electrons. The van der Waals surface area contributed by atoms with Crippen molar-refractivity contribution in [2.24, 2.45) is 0 Å². The van der Waals surface area contributed by atoms with E-state index in [-0.39, 0.29) is 11.8 Å². The second-order valence-corrected chi connectivity index (χ2v) is 6.47. The van der Waals surface area contributed by atoms with Gasteiger partial charge in [-0.25, -0.2) is 9.97 Å². The first-order valence-electron chi connectivity index (χ1n) is 8.89. The van der Waals surface area contributed by atoms with Gasteiger partial charge in [0.05, 0.1) is 25.3 Å². The number of nitrogens with zero attached hydrogens (tertiary/aromatic N) is 2. The minimum atomic E-state index is 0.144. The number of para-hydroxylation sites is 1. The van der Waals surface area contributed by atoms with Crippen LogP contribution < -0.4 is 20.1 Å². The van der Waals surface area contributed by atoms with Crippen LogP contribution in [-0.4, -0.2) is 48.4 Å². The van der Waals surface area contributed by atoms with Crippen molar-refractivity contribution in [2.75, 3.05) is 32.6 Å². The monoisotopic (exact) mass is 366 g/mol. The number of phenolic OH excluding ortho intramolecular Hbond substituents is 1. The van der Waals surface area contributed by atoms with Gasteiger partial charge in [-0.3, -0.25) is 0 Å². The number of methoxy groups -OCH3 is 2. The van der Waals surface area contributed by atoms with Crippen molar-refractivity contribution >= 4 is 16.7 Å². The third kappa shape index (κ3) is 3.33. The molecule has 1 aliphatic rings. The summed E-state index contributed by atoms with van der Waals surface area (Å²) in [4.78, 5) is 9.38. The van der Waals surface area contributed by atoms with Crippen LogP contribution in [0, 0.1) is 0 Å². The molecule has 0 spiro atoms. The van der Waals surface area contributed by atoms with Gasteiger partial charge in [0.2, 0.25) is 0 Å². The summed E-state index contributed by atoms with van der Waals surface area (Å²) in [6.45, 7) is 1.86. The fraction of sp³-hybridized carbons (Fsp3) is 0.300. The molecule has 3 N–H and O–H groups in total. The molecule has 1 fully saturated rings. The SMILES string of the molecule is COc1cc2nc(-c3ccccc3O)nc(N[C@H]3CCNC3)c2cc1OC. The fourth-order valence-electron chi connectivity index (χ4n) is 3.32. The number of aromatic hydroxyl groups is 1. The van der Waals surface area contributed by atoms with E-state index in [9.17, 15) is 5.11 Å². The van der Waals surface area contributed by atoms with Crippen molar-refractivity contribution in [3.05, 3.63) is 36.4 Å². The third-order valence-electron chi connectivity index (χ3n) is 4.75. The maximum Gasteiger partial charge on any atom is 0.165 e. The number of ether oxygens (including phenoxy) is 2. The molecule has 0 radical (unpaired) electrons. The predicted molar refractivity (Wildman–Crippen MR) is 105 cm³/mol. The zero-order chi connectivity index (χ0) is 18.8. The van der Waals surface area contributed by atoms with Gasteiger partial charge in [-0.2, -0.15) is 0 Å². The first-order chi connectivity index (χ1) is 13.2. The lowest BCUT2D eigenvalue weighted by atomic mass is 10.1. The van der Waals surface area contributed by atoms with Crippen LogP contribution in [0.25, 0.3) is 22.3 Å². The lowest BCUT2D eigenvalue weighted by Gasteiger charge is -2.17. The standard InChI is InChI=1S/C20H22N4O3/c1-26-17-9-14-15(10-18(17)27-2)23-19(13-5-3-4-6-16(13)25)24-20(14)22-12-7-8-21-11-12/h3-6,9-10,12,21,25H,7-8,11H2,1-2H3,(H,22,23,24)/t12-/m0/s1. The largest absolute Gasteiger partial charge is 0.507 e. The second kappa shape index (κ2) is 7.28. The average Bonchev–Trinajstić information content (AvgIpc) is 3.20. The maximum atomic E-state index is 10.2. The number of aromatic nitrogens is 2. The first kappa shape index (κ1) is 17.4. The van der Waals surface area contributed by atoms with Crippen molar-refractivity contribution in [3.63, 3.8) is 0 Å². The number of nitrogens with one attached hydrogen (secondary N) is 2. The van der Waals surface area contributed by atoms with E-state index in [1.165, 1.54) is 0 Å². The summed E-state index contributed by atoms with van der Waals surface area (Å²) in [5, 5.41) is 17.9. The Morgan fingerprint density at radius 1 is 1.11 bits per heavy atom. The van der Waals surface area contributed by atoms with E-state index in [0.717, 1.165) is 24.9 Å².